The van der Waals surface area contributed by atoms with Gasteiger partial charge >= 0.3 is 0 Å². The summed E-state index contributed by atoms with van der Waals surface area (Å²) in [7, 11) is 0. The van der Waals surface area contributed by atoms with Gasteiger partial charge in [0.2, 0.25) is 0 Å². The van der Waals surface area contributed by atoms with E-state index in [9.17, 15) is 0 Å². The Hall–Kier alpha value is -5.41. The van der Waals surface area contributed by atoms with Gasteiger partial charge in [-0.3, -0.25) is 0 Å². The lowest BCUT2D eigenvalue weighted by molar-refractivity contribution is 0.390. The Morgan fingerprint density at radius 2 is 0.926 bits per heavy atom. The van der Waals surface area contributed by atoms with E-state index in [1.165, 1.54) is 125 Å². The van der Waals surface area contributed by atoms with Gasteiger partial charge in [0.1, 0.15) is 5.82 Å². The molecule has 0 bridgehead atoms. The van der Waals surface area contributed by atoms with Crippen LogP contribution in [0.25, 0.3) is 50.6 Å². The molecule has 0 N–H and O–H groups in total. The van der Waals surface area contributed by atoms with E-state index in [0.29, 0.717) is 0 Å². The lowest BCUT2D eigenvalue weighted by Gasteiger charge is -2.36. The summed E-state index contributed by atoms with van der Waals surface area (Å²) in [6, 6.07) is 39.6. The first-order valence-corrected chi connectivity index (χ1v) is 27.1. The van der Waals surface area contributed by atoms with Crippen molar-refractivity contribution in [3.8, 4) is 45.0 Å². The van der Waals surface area contributed by atoms with Crippen LogP contribution < -0.4 is 0 Å². The summed E-state index contributed by atoms with van der Waals surface area (Å²) in [6.07, 6.45) is 26.6. The monoisotopic (exact) mass is 902 g/mol. The quantitative estimate of drug-likeness (QED) is 0.0643. The molecule has 6 aromatic rings. The SMILES string of the molecule is CCCCc1ccccc1-c1ccc(-c2nc(-c3ccc(-c4ccccc4CCCC)c(CCCC)c3)nc(C3C=CC4=C(C3)C(CCCC)(CCCC)c3cc(C)ccc34)n2)cc1CCCC. The minimum atomic E-state index is 0.0409. The zero-order chi connectivity index (χ0) is 47.5. The van der Waals surface area contributed by atoms with E-state index in [2.05, 4.69) is 164 Å². The Kier molecular flexibility index (Phi) is 16.8. The van der Waals surface area contributed by atoms with E-state index in [0.717, 1.165) is 86.4 Å². The van der Waals surface area contributed by atoms with Gasteiger partial charge in [-0.05, 0) is 151 Å². The molecule has 0 saturated carbocycles. The van der Waals surface area contributed by atoms with Gasteiger partial charge in [-0.15, -0.1) is 0 Å². The molecule has 0 amide bonds. The zero-order valence-corrected chi connectivity index (χ0v) is 42.8. The average Bonchev–Trinajstić information content (AvgIpc) is 3.64. The third kappa shape index (κ3) is 10.6. The summed E-state index contributed by atoms with van der Waals surface area (Å²) in [5.41, 5.74) is 20.7. The number of rotatable bonds is 23. The van der Waals surface area contributed by atoms with E-state index in [4.69, 9.17) is 15.0 Å². The summed E-state index contributed by atoms with van der Waals surface area (Å²) in [5.74, 6) is 2.48. The van der Waals surface area contributed by atoms with Crippen molar-refractivity contribution in [3.05, 3.63) is 166 Å². The van der Waals surface area contributed by atoms with Crippen molar-refractivity contribution in [2.45, 2.75) is 182 Å². The van der Waals surface area contributed by atoms with Crippen LogP contribution in [0.1, 0.15) is 189 Å². The number of hydrogen-bond acceptors (Lipinski definition) is 3. The molecule has 1 heterocycles. The van der Waals surface area contributed by atoms with E-state index >= 15 is 0 Å². The third-order valence-electron chi connectivity index (χ3n) is 15.2. The second-order valence-corrected chi connectivity index (χ2v) is 20.2. The third-order valence-corrected chi connectivity index (χ3v) is 15.2. The molecule has 2 aliphatic rings. The maximum Gasteiger partial charge on any atom is 0.163 e. The zero-order valence-electron chi connectivity index (χ0n) is 42.8. The maximum atomic E-state index is 5.57. The Bertz CT molecular complexity index is 2580. The van der Waals surface area contributed by atoms with Gasteiger partial charge in [-0.1, -0.05) is 207 Å². The highest BCUT2D eigenvalue weighted by Crippen LogP contribution is 2.57. The maximum absolute atomic E-state index is 5.57. The van der Waals surface area contributed by atoms with Gasteiger partial charge < -0.3 is 0 Å². The fraction of sp³-hybridized carbons (Fsp3) is 0.431. The highest BCUT2D eigenvalue weighted by atomic mass is 15.0. The number of benzene rings is 5. The largest absolute Gasteiger partial charge is 0.212 e. The van der Waals surface area contributed by atoms with E-state index in [1.54, 1.807) is 11.1 Å². The highest BCUT2D eigenvalue weighted by molar-refractivity contribution is 5.88. The first kappa shape index (κ1) is 49.0. The van der Waals surface area contributed by atoms with Crippen LogP contribution in [0.2, 0.25) is 0 Å². The Labute approximate surface area is 411 Å². The highest BCUT2D eigenvalue weighted by Gasteiger charge is 2.45. The fourth-order valence-corrected chi connectivity index (χ4v) is 11.4. The molecule has 0 radical (unpaired) electrons. The molecule has 0 saturated heterocycles. The molecular weight excluding hydrogens is 823 g/mol. The van der Waals surface area contributed by atoms with Crippen LogP contribution in [0, 0.1) is 6.92 Å². The van der Waals surface area contributed by atoms with Crippen molar-refractivity contribution < 1.29 is 0 Å². The molecule has 68 heavy (non-hydrogen) atoms. The van der Waals surface area contributed by atoms with E-state index in [-0.39, 0.29) is 11.3 Å². The van der Waals surface area contributed by atoms with Gasteiger partial charge in [0, 0.05) is 22.5 Å². The molecule has 0 spiro atoms. The minimum Gasteiger partial charge on any atom is -0.212 e. The molecule has 1 atom stereocenters. The van der Waals surface area contributed by atoms with Crippen molar-refractivity contribution in [2.24, 2.45) is 0 Å². The smallest absolute Gasteiger partial charge is 0.163 e. The van der Waals surface area contributed by atoms with Crippen LogP contribution >= 0.6 is 0 Å². The number of unbranched alkanes of at least 4 members (excludes halogenated alkanes) is 6. The van der Waals surface area contributed by atoms with Crippen LogP contribution in [0.4, 0.5) is 0 Å². The standard InChI is InChI=1S/C65H79N3/c1-8-14-24-47-28-20-22-30-54(47)56-37-33-51(43-49(56)26-16-10-3)62-66-63(52-34-38-57(50(44-52)27-17-11-4)55-31-23-21-29-48(55)25-15-9-2)68-64(67-62)53-35-39-59-58-36-32-46(7)42-60(58)65(40-18-12-5,41-19-13-6)61(59)45-53/h20-23,28-39,42-44,53H,8-19,24-27,40-41,45H2,1-7H3. The predicted molar refractivity (Wildman–Crippen MR) is 291 cm³/mol. The van der Waals surface area contributed by atoms with Crippen molar-refractivity contribution in [1.82, 2.24) is 15.0 Å². The van der Waals surface area contributed by atoms with E-state index in [1.807, 2.05) is 0 Å². The molecular formula is C65H79N3. The molecule has 3 heteroatoms. The van der Waals surface area contributed by atoms with E-state index < -0.39 is 0 Å². The van der Waals surface area contributed by atoms with Gasteiger partial charge in [0.05, 0.1) is 0 Å². The molecule has 0 fully saturated rings. The van der Waals surface area contributed by atoms with Crippen molar-refractivity contribution in [1.29, 1.82) is 0 Å². The Balaban J connectivity index is 1.28. The lowest BCUT2D eigenvalue weighted by Crippen LogP contribution is -2.28. The number of allylic oxidation sites excluding steroid dienone is 4. The van der Waals surface area contributed by atoms with Gasteiger partial charge in [0.15, 0.2) is 11.6 Å². The molecule has 1 unspecified atom stereocenters. The van der Waals surface area contributed by atoms with Gasteiger partial charge in [-0.2, -0.15) is 0 Å². The van der Waals surface area contributed by atoms with Gasteiger partial charge in [0.25, 0.3) is 0 Å². The molecule has 8 rings (SSSR count). The van der Waals surface area contributed by atoms with Crippen molar-refractivity contribution >= 4 is 5.57 Å². The second-order valence-electron chi connectivity index (χ2n) is 20.2. The summed E-state index contributed by atoms with van der Waals surface area (Å²) in [5, 5.41) is 0. The molecule has 3 nitrogen and oxygen atoms in total. The molecule has 2 aliphatic carbocycles. The number of aryl methyl sites for hydroxylation is 5. The van der Waals surface area contributed by atoms with Crippen LogP contribution in [-0.2, 0) is 31.1 Å². The summed E-state index contributed by atoms with van der Waals surface area (Å²) in [6.45, 7) is 16.1. The average molecular weight is 902 g/mol. The van der Waals surface area contributed by atoms with Crippen molar-refractivity contribution in [2.75, 3.05) is 0 Å². The Morgan fingerprint density at radius 1 is 0.471 bits per heavy atom. The lowest BCUT2D eigenvalue weighted by atomic mass is 9.67. The number of aromatic nitrogens is 3. The number of hydrogen-bond donors (Lipinski definition) is 0. The van der Waals surface area contributed by atoms with Crippen LogP contribution in [0.15, 0.2) is 121 Å². The first-order valence-electron chi connectivity index (χ1n) is 27.1. The minimum absolute atomic E-state index is 0.0409. The molecule has 1 aromatic heterocycles. The molecule has 5 aromatic carbocycles. The second kappa shape index (κ2) is 23.3. The fourth-order valence-electron chi connectivity index (χ4n) is 11.4. The van der Waals surface area contributed by atoms with Crippen molar-refractivity contribution in [3.63, 3.8) is 0 Å². The molecule has 354 valence electrons. The topological polar surface area (TPSA) is 38.7 Å². The van der Waals surface area contributed by atoms with Gasteiger partial charge in [-0.25, -0.2) is 15.0 Å². The predicted octanol–water partition coefficient (Wildman–Crippen LogP) is 18.3. The number of nitrogens with zero attached hydrogens (tertiary/aromatic N) is 3. The molecule has 0 aliphatic heterocycles. The van der Waals surface area contributed by atoms with Crippen LogP contribution in [0.3, 0.4) is 0 Å². The number of fused-ring (bicyclic) bond motifs is 2. The Morgan fingerprint density at radius 3 is 1.43 bits per heavy atom. The summed E-state index contributed by atoms with van der Waals surface area (Å²) >= 11 is 0. The normalized spacial score (nSPS) is 15.0. The van der Waals surface area contributed by atoms with Crippen LogP contribution in [0.5, 0.6) is 0 Å². The summed E-state index contributed by atoms with van der Waals surface area (Å²) in [4.78, 5) is 16.6. The summed E-state index contributed by atoms with van der Waals surface area (Å²) < 4.78 is 0. The van der Waals surface area contributed by atoms with Crippen LogP contribution in [-0.4, -0.2) is 15.0 Å². The first-order chi connectivity index (χ1) is 33.4.